The van der Waals surface area contributed by atoms with E-state index in [4.69, 9.17) is 0 Å². The van der Waals surface area contributed by atoms with Crippen molar-refractivity contribution in [2.45, 2.75) is 13.0 Å². The van der Waals surface area contributed by atoms with Crippen molar-refractivity contribution in [1.82, 2.24) is 15.0 Å². The molecule has 1 heterocycles. The Balaban J connectivity index is 1.38. The van der Waals surface area contributed by atoms with Gasteiger partial charge in [-0.1, -0.05) is 54.6 Å². The van der Waals surface area contributed by atoms with E-state index in [2.05, 4.69) is 27.6 Å². The van der Waals surface area contributed by atoms with Gasteiger partial charge in [0.05, 0.1) is 23.6 Å². The molecule has 1 amide bonds. The van der Waals surface area contributed by atoms with Crippen molar-refractivity contribution >= 4 is 33.9 Å². The zero-order valence-corrected chi connectivity index (χ0v) is 14.2. The van der Waals surface area contributed by atoms with Crippen molar-refractivity contribution in [3.05, 3.63) is 78.6 Å². The van der Waals surface area contributed by atoms with Gasteiger partial charge in [0.2, 0.25) is 5.91 Å². The number of fused-ring (bicyclic) bond motifs is 2. The van der Waals surface area contributed by atoms with Gasteiger partial charge >= 0.3 is 0 Å². The summed E-state index contributed by atoms with van der Waals surface area (Å²) in [5.41, 5.74) is 5.54. The molecule has 0 saturated carbocycles. The number of carbonyl (C=O) groups is 1. The van der Waals surface area contributed by atoms with Crippen LogP contribution >= 0.6 is 0 Å². The van der Waals surface area contributed by atoms with E-state index in [1.807, 2.05) is 59.2 Å². The Morgan fingerprint density at radius 1 is 1.04 bits per heavy atom. The molecule has 0 aliphatic carbocycles. The normalized spacial score (nSPS) is 11.4. The van der Waals surface area contributed by atoms with Crippen LogP contribution in [-0.4, -0.2) is 21.7 Å². The molecule has 0 fully saturated rings. The van der Waals surface area contributed by atoms with Crippen LogP contribution in [0.4, 0.5) is 0 Å². The van der Waals surface area contributed by atoms with Crippen LogP contribution < -0.4 is 5.43 Å². The van der Waals surface area contributed by atoms with Gasteiger partial charge in [-0.15, -0.1) is 0 Å². The number of nitrogens with one attached hydrogen (secondary N) is 1. The SMILES string of the molecule is O=C(CCn1cnc2ccccc21)N/N=C\c1cccc2ccccc12. The van der Waals surface area contributed by atoms with Gasteiger partial charge in [0.25, 0.3) is 0 Å². The summed E-state index contributed by atoms with van der Waals surface area (Å²) in [5, 5.41) is 6.36. The molecular weight excluding hydrogens is 324 g/mol. The summed E-state index contributed by atoms with van der Waals surface area (Å²) in [6.07, 6.45) is 3.79. The topological polar surface area (TPSA) is 59.3 Å². The average molecular weight is 342 g/mol. The van der Waals surface area contributed by atoms with Crippen LogP contribution in [0.1, 0.15) is 12.0 Å². The number of aryl methyl sites for hydroxylation is 1. The number of carbonyl (C=O) groups excluding carboxylic acids is 1. The maximum Gasteiger partial charge on any atom is 0.241 e. The van der Waals surface area contributed by atoms with E-state index in [1.165, 1.54) is 0 Å². The molecule has 0 aliphatic rings. The van der Waals surface area contributed by atoms with Crippen molar-refractivity contribution in [3.8, 4) is 0 Å². The molecule has 0 radical (unpaired) electrons. The highest BCUT2D eigenvalue weighted by Crippen LogP contribution is 2.16. The number of aromatic nitrogens is 2. The standard InChI is InChI=1S/C21H18N4O/c26-21(12-13-25-15-22-19-10-3-4-11-20(19)25)24-23-14-17-8-5-7-16-6-1-2-9-18(16)17/h1-11,14-15H,12-13H2,(H,24,26)/b23-14-. The molecule has 4 aromatic rings. The second-order valence-electron chi connectivity index (χ2n) is 6.04. The van der Waals surface area contributed by atoms with Crippen LogP contribution in [0, 0.1) is 0 Å². The van der Waals surface area contributed by atoms with Crippen LogP contribution in [-0.2, 0) is 11.3 Å². The highest BCUT2D eigenvalue weighted by molar-refractivity contribution is 5.99. The third-order valence-electron chi connectivity index (χ3n) is 4.32. The second kappa shape index (κ2) is 7.19. The van der Waals surface area contributed by atoms with Crippen LogP contribution in [0.25, 0.3) is 21.8 Å². The summed E-state index contributed by atoms with van der Waals surface area (Å²) in [4.78, 5) is 16.4. The molecule has 0 unspecified atom stereocenters. The summed E-state index contributed by atoms with van der Waals surface area (Å²) >= 11 is 0. The van der Waals surface area contributed by atoms with Gasteiger partial charge in [0.1, 0.15) is 0 Å². The van der Waals surface area contributed by atoms with Crippen molar-refractivity contribution in [2.24, 2.45) is 5.10 Å². The third-order valence-corrected chi connectivity index (χ3v) is 4.32. The van der Waals surface area contributed by atoms with Crippen molar-refractivity contribution in [2.75, 3.05) is 0 Å². The average Bonchev–Trinajstić information content (AvgIpc) is 3.10. The van der Waals surface area contributed by atoms with Crippen molar-refractivity contribution < 1.29 is 4.79 Å². The first-order valence-corrected chi connectivity index (χ1v) is 8.51. The minimum atomic E-state index is -0.126. The minimum absolute atomic E-state index is 0.126. The molecule has 4 rings (SSSR count). The van der Waals surface area contributed by atoms with E-state index >= 15 is 0 Å². The van der Waals surface area contributed by atoms with Crippen LogP contribution in [0.2, 0.25) is 0 Å². The Hall–Kier alpha value is -3.47. The molecule has 5 heteroatoms. The van der Waals surface area contributed by atoms with Gasteiger partial charge in [-0.3, -0.25) is 4.79 Å². The first-order valence-electron chi connectivity index (χ1n) is 8.51. The Bertz CT molecular complexity index is 1090. The number of amides is 1. The molecule has 5 nitrogen and oxygen atoms in total. The fourth-order valence-corrected chi connectivity index (χ4v) is 3.00. The molecule has 1 N–H and O–H groups in total. The van der Waals surface area contributed by atoms with E-state index in [-0.39, 0.29) is 5.91 Å². The quantitative estimate of drug-likeness (QED) is 0.444. The number of hydrazone groups is 1. The van der Waals surface area contributed by atoms with Gasteiger partial charge in [-0.25, -0.2) is 10.4 Å². The fraction of sp³-hybridized carbons (Fsp3) is 0.0952. The van der Waals surface area contributed by atoms with Gasteiger partial charge in [0, 0.05) is 18.5 Å². The molecule has 26 heavy (non-hydrogen) atoms. The third kappa shape index (κ3) is 3.32. The van der Waals surface area contributed by atoms with E-state index in [0.717, 1.165) is 27.4 Å². The Morgan fingerprint density at radius 3 is 2.81 bits per heavy atom. The van der Waals surface area contributed by atoms with Gasteiger partial charge in [-0.05, 0) is 22.9 Å². The summed E-state index contributed by atoms with van der Waals surface area (Å²) in [6.45, 7) is 0.566. The second-order valence-corrected chi connectivity index (χ2v) is 6.04. The minimum Gasteiger partial charge on any atom is -0.330 e. The van der Waals surface area contributed by atoms with Gasteiger partial charge < -0.3 is 4.57 Å². The Morgan fingerprint density at radius 2 is 1.85 bits per heavy atom. The summed E-state index contributed by atoms with van der Waals surface area (Å²) in [6, 6.07) is 22.0. The molecule has 0 saturated heterocycles. The highest BCUT2D eigenvalue weighted by Gasteiger charge is 2.04. The van der Waals surface area contributed by atoms with Crippen molar-refractivity contribution in [3.63, 3.8) is 0 Å². The van der Waals surface area contributed by atoms with E-state index in [9.17, 15) is 4.79 Å². The molecule has 0 atom stereocenters. The molecule has 3 aromatic carbocycles. The van der Waals surface area contributed by atoms with E-state index < -0.39 is 0 Å². The molecule has 0 bridgehead atoms. The first kappa shape index (κ1) is 16.0. The summed E-state index contributed by atoms with van der Waals surface area (Å²) in [7, 11) is 0. The molecular formula is C21H18N4O. The largest absolute Gasteiger partial charge is 0.330 e. The molecule has 0 aliphatic heterocycles. The molecule has 128 valence electrons. The maximum absolute atomic E-state index is 12.1. The predicted octanol–water partition coefficient (Wildman–Crippen LogP) is 3.73. The smallest absolute Gasteiger partial charge is 0.241 e. The highest BCUT2D eigenvalue weighted by atomic mass is 16.2. The number of benzene rings is 3. The van der Waals surface area contributed by atoms with E-state index in [1.54, 1.807) is 12.5 Å². The number of hydrogen-bond donors (Lipinski definition) is 1. The number of imidazole rings is 1. The number of rotatable bonds is 5. The number of hydrogen-bond acceptors (Lipinski definition) is 3. The summed E-state index contributed by atoms with van der Waals surface area (Å²) < 4.78 is 1.98. The van der Waals surface area contributed by atoms with Crippen molar-refractivity contribution in [1.29, 1.82) is 0 Å². The van der Waals surface area contributed by atoms with Gasteiger partial charge in [-0.2, -0.15) is 5.10 Å². The lowest BCUT2D eigenvalue weighted by molar-refractivity contribution is -0.121. The monoisotopic (exact) mass is 342 g/mol. The Kier molecular flexibility index (Phi) is 4.43. The number of para-hydroxylation sites is 2. The van der Waals surface area contributed by atoms with Gasteiger partial charge in [0.15, 0.2) is 0 Å². The van der Waals surface area contributed by atoms with Crippen LogP contribution in [0.5, 0.6) is 0 Å². The van der Waals surface area contributed by atoms with Crippen LogP contribution in [0.15, 0.2) is 78.2 Å². The maximum atomic E-state index is 12.1. The Labute approximate surface area is 151 Å². The zero-order valence-electron chi connectivity index (χ0n) is 14.2. The van der Waals surface area contributed by atoms with E-state index in [0.29, 0.717) is 13.0 Å². The molecule has 0 spiro atoms. The lowest BCUT2D eigenvalue weighted by Gasteiger charge is -2.04. The fourth-order valence-electron chi connectivity index (χ4n) is 3.00. The lowest BCUT2D eigenvalue weighted by atomic mass is 10.1. The predicted molar refractivity (Wildman–Crippen MR) is 104 cm³/mol. The molecule has 1 aromatic heterocycles. The number of nitrogens with zero attached hydrogens (tertiary/aromatic N) is 3. The van der Waals surface area contributed by atoms with Crippen LogP contribution in [0.3, 0.4) is 0 Å². The first-order chi connectivity index (χ1) is 12.8. The summed E-state index contributed by atoms with van der Waals surface area (Å²) in [5.74, 6) is -0.126. The lowest BCUT2D eigenvalue weighted by Crippen LogP contribution is -2.19. The zero-order chi connectivity index (χ0) is 17.8.